The van der Waals surface area contributed by atoms with E-state index in [0.29, 0.717) is 0 Å². The van der Waals surface area contributed by atoms with Crippen LogP contribution in [-0.4, -0.2) is 23.1 Å². The van der Waals surface area contributed by atoms with Crippen molar-refractivity contribution in [3.63, 3.8) is 0 Å². The van der Waals surface area contributed by atoms with Gasteiger partial charge in [-0.3, -0.25) is 0 Å². The first-order valence-corrected chi connectivity index (χ1v) is 9.18. The molecule has 1 aromatic heterocycles. The van der Waals surface area contributed by atoms with Gasteiger partial charge in [0, 0.05) is 24.2 Å². The van der Waals surface area contributed by atoms with E-state index >= 15 is 0 Å². The maximum atomic E-state index is 5.92. The Balaban J connectivity index is 1.51. The molecule has 5 heteroatoms. The third kappa shape index (κ3) is 5.74. The molecule has 0 saturated carbocycles. The molecule has 0 unspecified atom stereocenters. The van der Waals surface area contributed by atoms with E-state index in [4.69, 9.17) is 11.6 Å². The molecule has 26 heavy (non-hydrogen) atoms. The number of aryl methyl sites for hydroxylation is 1. The molecular weight excluding hydrogens is 344 g/mol. The lowest BCUT2D eigenvalue weighted by Gasteiger charge is -2.10. The van der Waals surface area contributed by atoms with E-state index in [0.717, 1.165) is 48.4 Å². The van der Waals surface area contributed by atoms with Crippen LogP contribution in [0.3, 0.4) is 0 Å². The summed E-state index contributed by atoms with van der Waals surface area (Å²) in [7, 11) is 0. The van der Waals surface area contributed by atoms with Gasteiger partial charge in [-0.15, -0.1) is 0 Å². The van der Waals surface area contributed by atoms with Crippen LogP contribution < -0.4 is 10.6 Å². The molecule has 0 bridgehead atoms. The van der Waals surface area contributed by atoms with E-state index in [-0.39, 0.29) is 0 Å². The highest BCUT2D eigenvalue weighted by Crippen LogP contribution is 2.13. The highest BCUT2D eigenvalue weighted by molar-refractivity contribution is 6.30. The van der Waals surface area contributed by atoms with Crippen LogP contribution in [0.2, 0.25) is 5.02 Å². The Morgan fingerprint density at radius 3 is 1.88 bits per heavy atom. The van der Waals surface area contributed by atoms with Crippen LogP contribution in [0, 0.1) is 6.92 Å². The quantitative estimate of drug-likeness (QED) is 0.604. The zero-order chi connectivity index (χ0) is 18.2. The lowest BCUT2D eigenvalue weighted by molar-refractivity contribution is 0.963. The van der Waals surface area contributed by atoms with Crippen molar-refractivity contribution >= 4 is 23.2 Å². The van der Waals surface area contributed by atoms with Crippen molar-refractivity contribution in [3.8, 4) is 0 Å². The number of hydrogen-bond acceptors (Lipinski definition) is 4. The van der Waals surface area contributed by atoms with Crippen molar-refractivity contribution in [2.75, 3.05) is 23.7 Å². The molecule has 4 nitrogen and oxygen atoms in total. The zero-order valence-corrected chi connectivity index (χ0v) is 15.6. The van der Waals surface area contributed by atoms with Crippen molar-refractivity contribution in [1.29, 1.82) is 0 Å². The van der Waals surface area contributed by atoms with Crippen LogP contribution in [0.25, 0.3) is 0 Å². The predicted octanol–water partition coefficient (Wildman–Crippen LogP) is 4.75. The van der Waals surface area contributed by atoms with Crippen LogP contribution in [0.15, 0.2) is 60.7 Å². The Bertz CT molecular complexity index is 819. The van der Waals surface area contributed by atoms with Gasteiger partial charge in [-0.05, 0) is 43.0 Å². The largest absolute Gasteiger partial charge is 0.370 e. The van der Waals surface area contributed by atoms with Crippen molar-refractivity contribution in [2.24, 2.45) is 0 Å². The SMILES string of the molecule is Cc1nc(NCCc2ccccc2)cc(NCCc2ccc(Cl)cc2)n1. The summed E-state index contributed by atoms with van der Waals surface area (Å²) in [6, 6.07) is 20.3. The molecule has 0 aliphatic carbocycles. The average molecular weight is 367 g/mol. The Labute approximate surface area is 159 Å². The van der Waals surface area contributed by atoms with E-state index in [1.807, 2.05) is 43.3 Å². The highest BCUT2D eigenvalue weighted by Gasteiger charge is 2.02. The van der Waals surface area contributed by atoms with Crippen LogP contribution in [0.4, 0.5) is 11.6 Å². The molecule has 0 atom stereocenters. The molecule has 1 heterocycles. The average Bonchev–Trinajstić information content (AvgIpc) is 2.64. The van der Waals surface area contributed by atoms with Gasteiger partial charge in [0.15, 0.2) is 0 Å². The molecule has 0 fully saturated rings. The van der Waals surface area contributed by atoms with Gasteiger partial charge < -0.3 is 10.6 Å². The van der Waals surface area contributed by atoms with E-state index in [9.17, 15) is 0 Å². The number of anilines is 2. The summed E-state index contributed by atoms with van der Waals surface area (Å²) in [5, 5.41) is 7.52. The van der Waals surface area contributed by atoms with Gasteiger partial charge in [0.1, 0.15) is 17.5 Å². The summed E-state index contributed by atoms with van der Waals surface area (Å²) < 4.78 is 0. The molecule has 0 saturated heterocycles. The van der Waals surface area contributed by atoms with Crippen molar-refractivity contribution in [1.82, 2.24) is 9.97 Å². The summed E-state index contributed by atoms with van der Waals surface area (Å²) in [5.41, 5.74) is 2.56. The van der Waals surface area contributed by atoms with Gasteiger partial charge >= 0.3 is 0 Å². The number of hydrogen-bond donors (Lipinski definition) is 2. The maximum Gasteiger partial charge on any atom is 0.131 e. The van der Waals surface area contributed by atoms with Gasteiger partial charge in [-0.1, -0.05) is 54.1 Å². The molecule has 0 aliphatic heterocycles. The second kappa shape index (κ2) is 9.20. The Hall–Kier alpha value is -2.59. The summed E-state index contributed by atoms with van der Waals surface area (Å²) in [5.74, 6) is 2.44. The first-order chi connectivity index (χ1) is 12.7. The molecule has 0 radical (unpaired) electrons. The molecule has 3 rings (SSSR count). The minimum absolute atomic E-state index is 0.753. The van der Waals surface area contributed by atoms with E-state index < -0.39 is 0 Å². The number of rotatable bonds is 8. The van der Waals surface area contributed by atoms with Crippen molar-refractivity contribution in [3.05, 3.63) is 82.6 Å². The van der Waals surface area contributed by atoms with Crippen LogP contribution in [0.5, 0.6) is 0 Å². The smallest absolute Gasteiger partial charge is 0.131 e. The number of nitrogens with zero attached hydrogens (tertiary/aromatic N) is 2. The summed E-state index contributed by atoms with van der Waals surface area (Å²) in [4.78, 5) is 8.93. The molecule has 0 aliphatic rings. The van der Waals surface area contributed by atoms with Gasteiger partial charge in [0.25, 0.3) is 0 Å². The number of benzene rings is 2. The predicted molar refractivity (Wildman–Crippen MR) is 109 cm³/mol. The zero-order valence-electron chi connectivity index (χ0n) is 14.9. The number of halogens is 1. The number of aromatic nitrogens is 2. The lowest BCUT2D eigenvalue weighted by atomic mass is 10.1. The summed E-state index contributed by atoms with van der Waals surface area (Å²) >= 11 is 5.92. The summed E-state index contributed by atoms with van der Waals surface area (Å²) in [6.07, 6.45) is 1.88. The first-order valence-electron chi connectivity index (χ1n) is 8.81. The van der Waals surface area contributed by atoms with Gasteiger partial charge in [0.2, 0.25) is 0 Å². The Morgan fingerprint density at radius 2 is 1.31 bits per heavy atom. The maximum absolute atomic E-state index is 5.92. The highest BCUT2D eigenvalue weighted by atomic mass is 35.5. The lowest BCUT2D eigenvalue weighted by Crippen LogP contribution is -2.11. The standard InChI is InChI=1S/C21H23ClN4/c1-16-25-20(23-13-11-17-5-3-2-4-6-17)15-21(26-16)24-14-12-18-7-9-19(22)10-8-18/h2-10,15H,11-14H2,1H3,(H2,23,24,25,26). The monoisotopic (exact) mass is 366 g/mol. The van der Waals surface area contributed by atoms with E-state index in [1.165, 1.54) is 11.1 Å². The molecule has 0 spiro atoms. The first kappa shape index (κ1) is 18.2. The minimum atomic E-state index is 0.753. The second-order valence-corrected chi connectivity index (χ2v) is 6.59. The molecule has 134 valence electrons. The fourth-order valence-electron chi connectivity index (χ4n) is 2.71. The van der Waals surface area contributed by atoms with Crippen LogP contribution in [0.1, 0.15) is 17.0 Å². The summed E-state index contributed by atoms with van der Waals surface area (Å²) in [6.45, 7) is 3.55. The van der Waals surface area contributed by atoms with Crippen molar-refractivity contribution < 1.29 is 0 Å². The van der Waals surface area contributed by atoms with E-state index in [2.05, 4.69) is 44.9 Å². The molecule has 0 amide bonds. The third-order valence-electron chi connectivity index (χ3n) is 4.03. The van der Waals surface area contributed by atoms with Gasteiger partial charge in [0.05, 0.1) is 0 Å². The normalized spacial score (nSPS) is 10.5. The molecular formula is C21H23ClN4. The fourth-order valence-corrected chi connectivity index (χ4v) is 2.84. The van der Waals surface area contributed by atoms with E-state index in [1.54, 1.807) is 0 Å². The Morgan fingerprint density at radius 1 is 0.769 bits per heavy atom. The van der Waals surface area contributed by atoms with Gasteiger partial charge in [-0.2, -0.15) is 0 Å². The van der Waals surface area contributed by atoms with Crippen molar-refractivity contribution in [2.45, 2.75) is 19.8 Å². The molecule has 2 aromatic carbocycles. The van der Waals surface area contributed by atoms with Gasteiger partial charge in [-0.25, -0.2) is 9.97 Å². The van der Waals surface area contributed by atoms with Crippen LogP contribution in [-0.2, 0) is 12.8 Å². The number of nitrogens with one attached hydrogen (secondary N) is 2. The van der Waals surface area contributed by atoms with Crippen LogP contribution >= 0.6 is 11.6 Å². The third-order valence-corrected chi connectivity index (χ3v) is 4.29. The second-order valence-electron chi connectivity index (χ2n) is 6.15. The minimum Gasteiger partial charge on any atom is -0.370 e. The fraction of sp³-hybridized carbons (Fsp3) is 0.238. The Kier molecular flexibility index (Phi) is 6.45. The molecule has 3 aromatic rings. The molecule has 2 N–H and O–H groups in total. The topological polar surface area (TPSA) is 49.8 Å².